The van der Waals surface area contributed by atoms with E-state index in [4.69, 9.17) is 4.42 Å². The van der Waals surface area contributed by atoms with Crippen molar-refractivity contribution in [3.63, 3.8) is 0 Å². The van der Waals surface area contributed by atoms with Gasteiger partial charge in [-0.05, 0) is 37.8 Å². The van der Waals surface area contributed by atoms with Crippen molar-refractivity contribution in [3.8, 4) is 0 Å². The molecule has 1 aliphatic heterocycles. The van der Waals surface area contributed by atoms with E-state index in [1.54, 1.807) is 12.5 Å². The van der Waals surface area contributed by atoms with Crippen LogP contribution in [0.5, 0.6) is 0 Å². The van der Waals surface area contributed by atoms with Crippen LogP contribution in [0.25, 0.3) is 0 Å². The second kappa shape index (κ2) is 7.07. The minimum atomic E-state index is -0.897. The average molecular weight is 338 g/mol. The van der Waals surface area contributed by atoms with Gasteiger partial charge in [-0.2, -0.15) is 0 Å². The molecule has 0 spiro atoms. The standard InChI is InChI=1S/C17H26N2O3S/c1-23(21)17(9-6-10-17)13-18-16(20)19-11-4-2-3-7-14(19)15-8-5-12-22-15/h5,8,12,14H,2-4,6-7,9-11,13H2,1H3,(H,18,20)/t14-,23+/m0/s1. The number of nitrogens with zero attached hydrogens (tertiary/aromatic N) is 1. The number of nitrogens with one attached hydrogen (secondary N) is 1. The molecule has 6 heteroatoms. The predicted octanol–water partition coefficient (Wildman–Crippen LogP) is 3.21. The van der Waals surface area contributed by atoms with E-state index in [2.05, 4.69) is 5.32 Å². The Hall–Kier alpha value is -1.30. The first-order chi connectivity index (χ1) is 11.1. The van der Waals surface area contributed by atoms with Crippen LogP contribution >= 0.6 is 0 Å². The lowest BCUT2D eigenvalue weighted by Crippen LogP contribution is -2.53. The number of rotatable bonds is 4. The number of amides is 2. The summed E-state index contributed by atoms with van der Waals surface area (Å²) in [6.45, 7) is 1.26. The van der Waals surface area contributed by atoms with Crippen molar-refractivity contribution in [3.05, 3.63) is 24.2 Å². The van der Waals surface area contributed by atoms with Crippen LogP contribution in [0.4, 0.5) is 4.79 Å². The molecule has 2 fully saturated rings. The van der Waals surface area contributed by atoms with Crippen LogP contribution in [-0.4, -0.2) is 39.2 Å². The minimum Gasteiger partial charge on any atom is -0.467 e. The lowest BCUT2D eigenvalue weighted by atomic mass is 9.84. The second-order valence-electron chi connectivity index (χ2n) is 6.72. The van der Waals surface area contributed by atoms with Crippen molar-refractivity contribution < 1.29 is 13.4 Å². The SMILES string of the molecule is C[S@@](=O)C1(CNC(=O)N2CCCCC[C@H]2c2ccco2)CCC1. The van der Waals surface area contributed by atoms with E-state index in [0.717, 1.165) is 57.3 Å². The number of carbonyl (C=O) groups is 1. The molecule has 2 heterocycles. The molecule has 2 atom stereocenters. The second-order valence-corrected chi connectivity index (χ2v) is 8.50. The zero-order chi connectivity index (χ0) is 16.3. The first-order valence-corrected chi connectivity index (χ1v) is 10.1. The van der Waals surface area contributed by atoms with E-state index in [9.17, 15) is 9.00 Å². The van der Waals surface area contributed by atoms with Gasteiger partial charge in [0.05, 0.1) is 17.1 Å². The van der Waals surface area contributed by atoms with Crippen LogP contribution in [0.2, 0.25) is 0 Å². The van der Waals surface area contributed by atoms with Crippen LogP contribution < -0.4 is 5.32 Å². The quantitative estimate of drug-likeness (QED) is 0.917. The van der Waals surface area contributed by atoms with Crippen molar-refractivity contribution in [2.24, 2.45) is 0 Å². The van der Waals surface area contributed by atoms with Crippen LogP contribution in [0.15, 0.2) is 22.8 Å². The Balaban J connectivity index is 1.67. The van der Waals surface area contributed by atoms with Gasteiger partial charge in [-0.25, -0.2) is 4.79 Å². The zero-order valence-electron chi connectivity index (χ0n) is 13.8. The number of hydrogen-bond acceptors (Lipinski definition) is 3. The smallest absolute Gasteiger partial charge is 0.318 e. The number of carbonyl (C=O) groups excluding carboxylic acids is 1. The summed E-state index contributed by atoms with van der Waals surface area (Å²) in [7, 11) is -0.897. The molecule has 1 aromatic heterocycles. The third-order valence-electron chi connectivity index (χ3n) is 5.32. The summed E-state index contributed by atoms with van der Waals surface area (Å²) in [5.41, 5.74) is 0. The van der Waals surface area contributed by atoms with Crippen LogP contribution in [0.3, 0.4) is 0 Å². The normalized spacial score (nSPS) is 25.3. The lowest BCUT2D eigenvalue weighted by Gasteiger charge is -2.40. The van der Waals surface area contributed by atoms with Crippen molar-refractivity contribution in [2.75, 3.05) is 19.3 Å². The third-order valence-corrected chi connectivity index (χ3v) is 7.09. The molecular formula is C17H26N2O3S. The van der Waals surface area contributed by atoms with Crippen molar-refractivity contribution >= 4 is 16.8 Å². The summed E-state index contributed by atoms with van der Waals surface area (Å²) < 4.78 is 17.3. The molecule has 2 aliphatic rings. The highest BCUT2D eigenvalue weighted by Gasteiger charge is 2.41. The van der Waals surface area contributed by atoms with Crippen molar-refractivity contribution in [1.29, 1.82) is 0 Å². The van der Waals surface area contributed by atoms with E-state index in [-0.39, 0.29) is 16.8 Å². The van der Waals surface area contributed by atoms with E-state index >= 15 is 0 Å². The van der Waals surface area contributed by atoms with Crippen molar-refractivity contribution in [1.82, 2.24) is 10.2 Å². The first kappa shape index (κ1) is 16.6. The Kier molecular flexibility index (Phi) is 5.09. The molecule has 0 bridgehead atoms. The maximum absolute atomic E-state index is 12.7. The summed E-state index contributed by atoms with van der Waals surface area (Å²) >= 11 is 0. The van der Waals surface area contributed by atoms with Gasteiger partial charge in [0.2, 0.25) is 0 Å². The van der Waals surface area contributed by atoms with Gasteiger partial charge < -0.3 is 14.6 Å². The summed E-state index contributed by atoms with van der Waals surface area (Å²) in [5, 5.41) is 3.05. The summed E-state index contributed by atoms with van der Waals surface area (Å²) in [4.78, 5) is 14.6. The Morgan fingerprint density at radius 2 is 2.22 bits per heavy atom. The molecular weight excluding hydrogens is 312 g/mol. The number of likely N-dealkylation sites (tertiary alicyclic amines) is 1. The van der Waals surface area contributed by atoms with Gasteiger partial charge >= 0.3 is 6.03 Å². The van der Waals surface area contributed by atoms with Crippen LogP contribution in [0, 0.1) is 0 Å². The zero-order valence-corrected chi connectivity index (χ0v) is 14.6. The number of urea groups is 1. The fourth-order valence-electron chi connectivity index (χ4n) is 3.60. The fraction of sp³-hybridized carbons (Fsp3) is 0.706. The van der Waals surface area contributed by atoms with Gasteiger partial charge in [-0.1, -0.05) is 19.3 Å². The third kappa shape index (κ3) is 3.47. The maximum Gasteiger partial charge on any atom is 0.318 e. The lowest BCUT2D eigenvalue weighted by molar-refractivity contribution is 0.163. The summed E-state index contributed by atoms with van der Waals surface area (Å²) in [5.74, 6) is 0.861. The topological polar surface area (TPSA) is 62.6 Å². The molecule has 23 heavy (non-hydrogen) atoms. The highest BCUT2D eigenvalue weighted by molar-refractivity contribution is 7.85. The summed E-state index contributed by atoms with van der Waals surface area (Å²) in [6, 6.07) is 3.78. The van der Waals surface area contributed by atoms with Crippen molar-refractivity contribution in [2.45, 2.75) is 55.7 Å². The van der Waals surface area contributed by atoms with Gasteiger partial charge in [0, 0.05) is 30.1 Å². The molecule has 1 aromatic rings. The molecule has 0 unspecified atom stereocenters. The Morgan fingerprint density at radius 1 is 1.39 bits per heavy atom. The summed E-state index contributed by atoms with van der Waals surface area (Å²) in [6.07, 6.45) is 10.6. The molecule has 3 rings (SSSR count). The number of furan rings is 1. The molecule has 128 valence electrons. The van der Waals surface area contributed by atoms with Gasteiger partial charge in [0.15, 0.2) is 0 Å². The van der Waals surface area contributed by atoms with Crippen LogP contribution in [-0.2, 0) is 10.8 Å². The van der Waals surface area contributed by atoms with Gasteiger partial charge in [0.1, 0.15) is 5.76 Å². The monoisotopic (exact) mass is 338 g/mol. The maximum atomic E-state index is 12.7. The first-order valence-electron chi connectivity index (χ1n) is 8.54. The highest BCUT2D eigenvalue weighted by Crippen LogP contribution is 2.36. The van der Waals surface area contributed by atoms with Gasteiger partial charge in [-0.3, -0.25) is 4.21 Å². The molecule has 1 N–H and O–H groups in total. The van der Waals surface area contributed by atoms with E-state index in [0.29, 0.717) is 6.54 Å². The highest BCUT2D eigenvalue weighted by atomic mass is 32.2. The fourth-order valence-corrected chi connectivity index (χ4v) is 4.74. The van der Waals surface area contributed by atoms with E-state index in [1.807, 2.05) is 17.0 Å². The largest absolute Gasteiger partial charge is 0.467 e. The van der Waals surface area contributed by atoms with Crippen LogP contribution in [0.1, 0.15) is 56.7 Å². The average Bonchev–Trinajstić information content (AvgIpc) is 2.90. The Morgan fingerprint density at radius 3 is 2.83 bits per heavy atom. The molecule has 0 aromatic carbocycles. The minimum absolute atomic E-state index is 0.0111. The molecule has 1 saturated carbocycles. The Bertz CT molecular complexity index is 554. The predicted molar refractivity (Wildman–Crippen MR) is 90.7 cm³/mol. The van der Waals surface area contributed by atoms with Gasteiger partial charge in [-0.15, -0.1) is 0 Å². The molecule has 5 nitrogen and oxygen atoms in total. The molecule has 0 radical (unpaired) electrons. The van der Waals surface area contributed by atoms with E-state index < -0.39 is 10.8 Å². The molecule has 1 aliphatic carbocycles. The molecule has 1 saturated heterocycles. The number of hydrogen-bond donors (Lipinski definition) is 1. The Labute approximate surface area is 140 Å². The van der Waals surface area contributed by atoms with Gasteiger partial charge in [0.25, 0.3) is 0 Å². The van der Waals surface area contributed by atoms with E-state index in [1.165, 1.54) is 0 Å². The molecule has 2 amide bonds.